The lowest BCUT2D eigenvalue weighted by molar-refractivity contribution is 0.136. The molecule has 1 saturated heterocycles. The Kier molecular flexibility index (Phi) is 5.44. The highest BCUT2D eigenvalue weighted by atomic mass is 16.3. The van der Waals surface area contributed by atoms with Crippen molar-refractivity contribution in [2.24, 2.45) is 5.92 Å². The molecular weight excluding hydrogens is 248 g/mol. The molecule has 1 aromatic carbocycles. The Bertz CT molecular complexity index is 431. The van der Waals surface area contributed by atoms with E-state index in [-0.39, 0.29) is 6.10 Å². The van der Waals surface area contributed by atoms with E-state index in [0.29, 0.717) is 5.92 Å². The number of aryl methyl sites for hydroxylation is 1. The Balaban J connectivity index is 2.10. The fourth-order valence-corrected chi connectivity index (χ4v) is 2.96. The SMILES string of the molecule is CCCNCc1cc(C)ccc1N1CCC(C(C)O)C1. The zero-order valence-electron chi connectivity index (χ0n) is 13.0. The summed E-state index contributed by atoms with van der Waals surface area (Å²) in [6.07, 6.45) is 2.05. The molecule has 1 aromatic rings. The molecule has 20 heavy (non-hydrogen) atoms. The fraction of sp³-hybridized carbons (Fsp3) is 0.647. The highest BCUT2D eigenvalue weighted by molar-refractivity contribution is 5.55. The van der Waals surface area contributed by atoms with Crippen molar-refractivity contribution in [3.8, 4) is 0 Å². The molecule has 112 valence electrons. The van der Waals surface area contributed by atoms with Gasteiger partial charge < -0.3 is 15.3 Å². The Labute approximate surface area is 123 Å². The van der Waals surface area contributed by atoms with Crippen LogP contribution in [-0.2, 0) is 6.54 Å². The highest BCUT2D eigenvalue weighted by Gasteiger charge is 2.27. The van der Waals surface area contributed by atoms with Crippen LogP contribution in [0.25, 0.3) is 0 Å². The van der Waals surface area contributed by atoms with Gasteiger partial charge in [-0.1, -0.05) is 24.6 Å². The number of aliphatic hydroxyl groups excluding tert-OH is 1. The van der Waals surface area contributed by atoms with Crippen LogP contribution in [0.15, 0.2) is 18.2 Å². The molecule has 1 heterocycles. The molecule has 1 fully saturated rings. The Morgan fingerprint density at radius 2 is 2.25 bits per heavy atom. The first-order chi connectivity index (χ1) is 9.61. The predicted molar refractivity (Wildman–Crippen MR) is 85.2 cm³/mol. The van der Waals surface area contributed by atoms with Crippen LogP contribution in [0.2, 0.25) is 0 Å². The number of nitrogens with zero attached hydrogens (tertiary/aromatic N) is 1. The standard InChI is InChI=1S/C17H28N2O/c1-4-8-18-11-16-10-13(2)5-6-17(16)19-9-7-15(12-19)14(3)20/h5-6,10,14-15,18,20H,4,7-9,11-12H2,1-3H3. The molecule has 0 spiro atoms. The third-order valence-corrected chi connectivity index (χ3v) is 4.22. The number of anilines is 1. The average molecular weight is 276 g/mol. The highest BCUT2D eigenvalue weighted by Crippen LogP contribution is 2.29. The Hall–Kier alpha value is -1.06. The lowest BCUT2D eigenvalue weighted by Crippen LogP contribution is -2.25. The first-order valence-electron chi connectivity index (χ1n) is 7.85. The second-order valence-electron chi connectivity index (χ2n) is 6.04. The second-order valence-corrected chi connectivity index (χ2v) is 6.04. The number of nitrogens with one attached hydrogen (secondary N) is 1. The van der Waals surface area contributed by atoms with Gasteiger partial charge in [-0.3, -0.25) is 0 Å². The van der Waals surface area contributed by atoms with Gasteiger partial charge in [-0.2, -0.15) is 0 Å². The maximum absolute atomic E-state index is 9.76. The van der Waals surface area contributed by atoms with Crippen LogP contribution >= 0.6 is 0 Å². The molecule has 2 rings (SSSR count). The van der Waals surface area contributed by atoms with Crippen molar-refractivity contribution in [2.75, 3.05) is 24.5 Å². The fourth-order valence-electron chi connectivity index (χ4n) is 2.96. The largest absolute Gasteiger partial charge is 0.393 e. The summed E-state index contributed by atoms with van der Waals surface area (Å²) in [6, 6.07) is 6.71. The van der Waals surface area contributed by atoms with Crippen LogP contribution in [0, 0.1) is 12.8 Å². The first kappa shape index (κ1) is 15.3. The van der Waals surface area contributed by atoms with Crippen LogP contribution in [-0.4, -0.2) is 30.8 Å². The van der Waals surface area contributed by atoms with E-state index in [1.54, 1.807) is 0 Å². The van der Waals surface area contributed by atoms with Crippen molar-refractivity contribution < 1.29 is 5.11 Å². The van der Waals surface area contributed by atoms with Gasteiger partial charge in [0.25, 0.3) is 0 Å². The molecule has 3 heteroatoms. The van der Waals surface area contributed by atoms with Gasteiger partial charge in [0, 0.05) is 31.2 Å². The summed E-state index contributed by atoms with van der Waals surface area (Å²) >= 11 is 0. The van der Waals surface area contributed by atoms with E-state index in [2.05, 4.69) is 42.3 Å². The van der Waals surface area contributed by atoms with E-state index < -0.39 is 0 Å². The number of benzene rings is 1. The maximum Gasteiger partial charge on any atom is 0.0557 e. The zero-order valence-corrected chi connectivity index (χ0v) is 13.0. The quantitative estimate of drug-likeness (QED) is 0.784. The van der Waals surface area contributed by atoms with Crippen molar-refractivity contribution in [1.82, 2.24) is 5.32 Å². The van der Waals surface area contributed by atoms with Crippen LogP contribution in [0.1, 0.15) is 37.8 Å². The van der Waals surface area contributed by atoms with Gasteiger partial charge >= 0.3 is 0 Å². The summed E-state index contributed by atoms with van der Waals surface area (Å²) in [5.41, 5.74) is 4.03. The summed E-state index contributed by atoms with van der Waals surface area (Å²) in [4.78, 5) is 2.43. The average Bonchev–Trinajstić information content (AvgIpc) is 2.89. The van der Waals surface area contributed by atoms with Crippen molar-refractivity contribution in [2.45, 2.75) is 46.3 Å². The molecule has 0 aromatic heterocycles. The molecule has 0 saturated carbocycles. The molecule has 2 unspecified atom stereocenters. The minimum absolute atomic E-state index is 0.202. The molecule has 0 amide bonds. The van der Waals surface area contributed by atoms with E-state index >= 15 is 0 Å². The molecular formula is C17H28N2O. The van der Waals surface area contributed by atoms with Crippen molar-refractivity contribution in [1.29, 1.82) is 0 Å². The van der Waals surface area contributed by atoms with Gasteiger partial charge in [-0.15, -0.1) is 0 Å². The van der Waals surface area contributed by atoms with Crippen molar-refractivity contribution in [3.63, 3.8) is 0 Å². The summed E-state index contributed by atoms with van der Waals surface area (Å²) in [7, 11) is 0. The Morgan fingerprint density at radius 3 is 2.90 bits per heavy atom. The first-order valence-corrected chi connectivity index (χ1v) is 7.85. The monoisotopic (exact) mass is 276 g/mol. The normalized spacial score (nSPS) is 20.4. The number of hydrogen-bond donors (Lipinski definition) is 2. The molecule has 0 aliphatic carbocycles. The molecule has 2 N–H and O–H groups in total. The topological polar surface area (TPSA) is 35.5 Å². The van der Waals surface area contributed by atoms with Crippen molar-refractivity contribution in [3.05, 3.63) is 29.3 Å². The minimum atomic E-state index is -0.202. The predicted octanol–water partition coefficient (Wildman–Crippen LogP) is 2.70. The van der Waals surface area contributed by atoms with E-state index in [0.717, 1.165) is 39.0 Å². The molecule has 0 bridgehead atoms. The third-order valence-electron chi connectivity index (χ3n) is 4.22. The lowest BCUT2D eigenvalue weighted by atomic mass is 10.0. The molecule has 0 radical (unpaired) electrons. The number of hydrogen-bond acceptors (Lipinski definition) is 3. The summed E-state index contributed by atoms with van der Waals surface area (Å²) in [6.45, 7) is 10.3. The minimum Gasteiger partial charge on any atom is -0.393 e. The smallest absolute Gasteiger partial charge is 0.0557 e. The molecule has 1 aliphatic heterocycles. The van der Waals surface area contributed by atoms with Gasteiger partial charge in [0.2, 0.25) is 0 Å². The van der Waals surface area contributed by atoms with E-state index in [9.17, 15) is 5.11 Å². The summed E-state index contributed by atoms with van der Waals surface area (Å²) < 4.78 is 0. The second kappa shape index (κ2) is 7.09. The van der Waals surface area contributed by atoms with Crippen LogP contribution in [0.4, 0.5) is 5.69 Å². The molecule has 3 nitrogen and oxygen atoms in total. The number of aliphatic hydroxyl groups is 1. The van der Waals surface area contributed by atoms with Gasteiger partial charge in [0.05, 0.1) is 6.10 Å². The van der Waals surface area contributed by atoms with E-state index in [1.807, 2.05) is 6.92 Å². The molecule has 1 aliphatic rings. The van der Waals surface area contributed by atoms with Gasteiger partial charge in [0.1, 0.15) is 0 Å². The van der Waals surface area contributed by atoms with Crippen molar-refractivity contribution >= 4 is 5.69 Å². The molecule has 2 atom stereocenters. The Morgan fingerprint density at radius 1 is 1.45 bits per heavy atom. The third kappa shape index (κ3) is 3.74. The zero-order chi connectivity index (χ0) is 14.5. The van der Waals surface area contributed by atoms with E-state index in [1.165, 1.54) is 16.8 Å². The lowest BCUT2D eigenvalue weighted by Gasteiger charge is -2.23. The summed E-state index contributed by atoms with van der Waals surface area (Å²) in [5.74, 6) is 0.410. The van der Waals surface area contributed by atoms with Crippen LogP contribution in [0.5, 0.6) is 0 Å². The van der Waals surface area contributed by atoms with Gasteiger partial charge in [0.15, 0.2) is 0 Å². The summed E-state index contributed by atoms with van der Waals surface area (Å²) in [5, 5.41) is 13.3. The van der Waals surface area contributed by atoms with Crippen LogP contribution in [0.3, 0.4) is 0 Å². The van der Waals surface area contributed by atoms with Gasteiger partial charge in [-0.05, 0) is 44.9 Å². The van der Waals surface area contributed by atoms with Crippen LogP contribution < -0.4 is 10.2 Å². The maximum atomic E-state index is 9.76. The number of rotatable bonds is 6. The van der Waals surface area contributed by atoms with Gasteiger partial charge in [-0.25, -0.2) is 0 Å². The van der Waals surface area contributed by atoms with E-state index in [4.69, 9.17) is 0 Å².